The number of thioether (sulfide) groups is 1. The Labute approximate surface area is 155 Å². The van der Waals surface area contributed by atoms with Gasteiger partial charge in [-0.25, -0.2) is 4.98 Å². The number of benzene rings is 2. The van der Waals surface area contributed by atoms with Crippen molar-refractivity contribution in [3.05, 3.63) is 64.4 Å². The molecule has 0 fully saturated rings. The Morgan fingerprint density at radius 2 is 1.92 bits per heavy atom. The van der Waals surface area contributed by atoms with Crippen molar-refractivity contribution in [2.75, 3.05) is 19.5 Å². The van der Waals surface area contributed by atoms with Crippen molar-refractivity contribution >= 4 is 33.7 Å². The molecule has 26 heavy (non-hydrogen) atoms. The number of aromatic nitrogens is 3. The summed E-state index contributed by atoms with van der Waals surface area (Å²) in [7, 11) is 1.67. The lowest BCUT2D eigenvalue weighted by Crippen LogP contribution is -2.22. The molecule has 2 heterocycles. The van der Waals surface area contributed by atoms with Crippen molar-refractivity contribution in [2.24, 2.45) is 0 Å². The zero-order chi connectivity index (χ0) is 18.1. The first-order valence-electron chi connectivity index (χ1n) is 8.42. The Kier molecular flexibility index (Phi) is 4.53. The molecule has 2 aromatic heterocycles. The number of hydrogen-bond donors (Lipinski definition) is 1. The third-order valence-corrected chi connectivity index (χ3v) is 5.27. The average molecular weight is 365 g/mol. The molecule has 0 bridgehead atoms. The van der Waals surface area contributed by atoms with Crippen molar-refractivity contribution in [2.45, 2.75) is 12.1 Å². The van der Waals surface area contributed by atoms with Crippen LogP contribution in [-0.2, 0) is 4.74 Å². The number of fused-ring (bicyclic) bond motifs is 3. The molecule has 1 N–H and O–H groups in total. The molecule has 0 spiro atoms. The standard InChI is InChI=1S/C20H19N3O2S/c1-13-7-3-6-10-16(13)23-19(24)18-17(22-20(23)26-12-11-25-2)14-8-4-5-9-15(14)21-18/h3-10,21H,11-12H2,1-2H3. The summed E-state index contributed by atoms with van der Waals surface area (Å²) in [5.74, 6) is 0.725. The fraction of sp³-hybridized carbons (Fsp3) is 0.200. The van der Waals surface area contributed by atoms with E-state index in [1.807, 2.05) is 55.5 Å². The number of para-hydroxylation sites is 2. The largest absolute Gasteiger partial charge is 0.384 e. The number of aromatic amines is 1. The van der Waals surface area contributed by atoms with Gasteiger partial charge in [-0.3, -0.25) is 9.36 Å². The van der Waals surface area contributed by atoms with Gasteiger partial charge in [-0.15, -0.1) is 0 Å². The van der Waals surface area contributed by atoms with E-state index in [1.54, 1.807) is 11.7 Å². The van der Waals surface area contributed by atoms with Gasteiger partial charge in [0.05, 0.1) is 12.3 Å². The zero-order valence-corrected chi connectivity index (χ0v) is 15.5. The number of nitrogens with one attached hydrogen (secondary N) is 1. The first kappa shape index (κ1) is 16.9. The predicted molar refractivity (Wildman–Crippen MR) is 107 cm³/mol. The van der Waals surface area contributed by atoms with Crippen LogP contribution in [0.15, 0.2) is 58.5 Å². The van der Waals surface area contributed by atoms with Crippen molar-refractivity contribution in [3.8, 4) is 5.69 Å². The summed E-state index contributed by atoms with van der Waals surface area (Å²) < 4.78 is 6.87. The molecular weight excluding hydrogens is 346 g/mol. The van der Waals surface area contributed by atoms with Crippen LogP contribution in [0.2, 0.25) is 0 Å². The molecular formula is C20H19N3O2S. The van der Waals surface area contributed by atoms with E-state index >= 15 is 0 Å². The average Bonchev–Trinajstić information content (AvgIpc) is 3.02. The fourth-order valence-electron chi connectivity index (χ4n) is 3.08. The second-order valence-corrected chi connectivity index (χ2v) is 7.12. The summed E-state index contributed by atoms with van der Waals surface area (Å²) in [4.78, 5) is 21.4. The normalized spacial score (nSPS) is 11.5. The van der Waals surface area contributed by atoms with Gasteiger partial charge in [0.15, 0.2) is 5.16 Å². The molecule has 0 saturated heterocycles. The number of aryl methyl sites for hydroxylation is 1. The predicted octanol–water partition coefficient (Wildman–Crippen LogP) is 3.91. The van der Waals surface area contributed by atoms with Crippen LogP contribution >= 0.6 is 11.8 Å². The molecule has 0 atom stereocenters. The number of methoxy groups -OCH3 is 1. The Balaban J connectivity index is 2.03. The summed E-state index contributed by atoms with van der Waals surface area (Å²) in [6.45, 7) is 2.60. The summed E-state index contributed by atoms with van der Waals surface area (Å²) in [6, 6.07) is 15.7. The zero-order valence-electron chi connectivity index (χ0n) is 14.7. The van der Waals surface area contributed by atoms with Crippen LogP contribution in [0.1, 0.15) is 5.56 Å². The molecule has 6 heteroatoms. The maximum Gasteiger partial charge on any atom is 0.283 e. The highest BCUT2D eigenvalue weighted by molar-refractivity contribution is 7.99. The SMILES string of the molecule is COCCSc1nc2c([nH]c3ccccc32)c(=O)n1-c1ccccc1C. The van der Waals surface area contributed by atoms with E-state index < -0.39 is 0 Å². The van der Waals surface area contributed by atoms with Gasteiger partial charge < -0.3 is 9.72 Å². The van der Waals surface area contributed by atoms with Gasteiger partial charge in [-0.1, -0.05) is 48.2 Å². The second kappa shape index (κ2) is 6.97. The molecule has 2 aromatic carbocycles. The number of rotatable bonds is 5. The lowest BCUT2D eigenvalue weighted by molar-refractivity contribution is 0.218. The molecule has 0 radical (unpaired) electrons. The van der Waals surface area contributed by atoms with E-state index in [0.29, 0.717) is 17.3 Å². The topological polar surface area (TPSA) is 59.9 Å². The van der Waals surface area contributed by atoms with Crippen molar-refractivity contribution in [3.63, 3.8) is 0 Å². The number of H-pyrrole nitrogens is 1. The summed E-state index contributed by atoms with van der Waals surface area (Å²) in [5, 5.41) is 1.64. The number of hydrogen-bond acceptors (Lipinski definition) is 4. The van der Waals surface area contributed by atoms with Crippen LogP contribution in [0.5, 0.6) is 0 Å². The first-order valence-corrected chi connectivity index (χ1v) is 9.40. The van der Waals surface area contributed by atoms with Crippen molar-refractivity contribution < 1.29 is 4.74 Å². The molecule has 132 valence electrons. The van der Waals surface area contributed by atoms with Crippen molar-refractivity contribution in [1.82, 2.24) is 14.5 Å². The van der Waals surface area contributed by atoms with Gasteiger partial charge in [0.1, 0.15) is 11.0 Å². The Hall–Kier alpha value is -2.57. The highest BCUT2D eigenvalue weighted by atomic mass is 32.2. The van der Waals surface area contributed by atoms with Crippen LogP contribution in [0, 0.1) is 6.92 Å². The van der Waals surface area contributed by atoms with Gasteiger partial charge in [0.25, 0.3) is 5.56 Å². The van der Waals surface area contributed by atoms with Gasteiger partial charge in [-0.05, 0) is 24.6 Å². The maximum absolute atomic E-state index is 13.4. The molecule has 0 saturated carbocycles. The highest BCUT2D eigenvalue weighted by Crippen LogP contribution is 2.27. The van der Waals surface area contributed by atoms with Gasteiger partial charge in [-0.2, -0.15) is 0 Å². The van der Waals surface area contributed by atoms with E-state index in [4.69, 9.17) is 9.72 Å². The Bertz CT molecular complexity index is 1150. The molecule has 0 aliphatic carbocycles. The summed E-state index contributed by atoms with van der Waals surface area (Å²) in [6.07, 6.45) is 0. The van der Waals surface area contributed by atoms with Crippen molar-refractivity contribution in [1.29, 1.82) is 0 Å². The molecule has 0 aliphatic rings. The minimum Gasteiger partial charge on any atom is -0.384 e. The number of nitrogens with zero attached hydrogens (tertiary/aromatic N) is 2. The molecule has 5 nitrogen and oxygen atoms in total. The van der Waals surface area contributed by atoms with E-state index in [9.17, 15) is 4.79 Å². The van der Waals surface area contributed by atoms with E-state index in [1.165, 1.54) is 11.8 Å². The van der Waals surface area contributed by atoms with E-state index in [2.05, 4.69) is 4.98 Å². The molecule has 0 amide bonds. The van der Waals surface area contributed by atoms with Crippen LogP contribution < -0.4 is 5.56 Å². The molecule has 0 unspecified atom stereocenters. The first-order chi connectivity index (χ1) is 12.7. The molecule has 4 rings (SSSR count). The quantitative estimate of drug-likeness (QED) is 0.331. The maximum atomic E-state index is 13.4. The number of ether oxygens (including phenoxy) is 1. The van der Waals surface area contributed by atoms with Gasteiger partial charge in [0.2, 0.25) is 0 Å². The third-order valence-electron chi connectivity index (χ3n) is 4.37. The smallest absolute Gasteiger partial charge is 0.283 e. The summed E-state index contributed by atoms with van der Waals surface area (Å²) >= 11 is 1.53. The van der Waals surface area contributed by atoms with Gasteiger partial charge >= 0.3 is 0 Å². The molecule has 4 aromatic rings. The van der Waals surface area contributed by atoms with Crippen LogP contribution in [-0.4, -0.2) is 34.0 Å². The monoisotopic (exact) mass is 365 g/mol. The van der Waals surface area contributed by atoms with Crippen LogP contribution in [0.25, 0.3) is 27.6 Å². The van der Waals surface area contributed by atoms with Crippen LogP contribution in [0.4, 0.5) is 0 Å². The highest BCUT2D eigenvalue weighted by Gasteiger charge is 2.17. The second-order valence-electron chi connectivity index (χ2n) is 6.06. The van der Waals surface area contributed by atoms with Crippen LogP contribution in [0.3, 0.4) is 0 Å². The fourth-order valence-corrected chi connectivity index (χ4v) is 3.98. The lowest BCUT2D eigenvalue weighted by atomic mass is 10.2. The third kappa shape index (κ3) is 2.81. The Morgan fingerprint density at radius 3 is 2.73 bits per heavy atom. The van der Waals surface area contributed by atoms with E-state index in [0.717, 1.165) is 33.4 Å². The summed E-state index contributed by atoms with van der Waals surface area (Å²) in [5.41, 5.74) is 3.97. The molecule has 0 aliphatic heterocycles. The minimum atomic E-state index is -0.0829. The minimum absolute atomic E-state index is 0.0829. The Morgan fingerprint density at radius 1 is 1.15 bits per heavy atom. The van der Waals surface area contributed by atoms with E-state index in [-0.39, 0.29) is 5.56 Å². The van der Waals surface area contributed by atoms with Gasteiger partial charge in [0, 0.05) is 23.8 Å². The lowest BCUT2D eigenvalue weighted by Gasteiger charge is -2.14.